The molecule has 4 nitrogen and oxygen atoms in total. The van der Waals surface area contributed by atoms with Gasteiger partial charge in [0, 0.05) is 11.1 Å². The van der Waals surface area contributed by atoms with Gasteiger partial charge in [0.15, 0.2) is 11.6 Å². The van der Waals surface area contributed by atoms with Crippen molar-refractivity contribution in [1.82, 2.24) is 0 Å². The highest BCUT2D eigenvalue weighted by molar-refractivity contribution is 6.53. The highest BCUT2D eigenvalue weighted by Gasteiger charge is 2.35. The van der Waals surface area contributed by atoms with Crippen molar-refractivity contribution in [3.8, 4) is 0 Å². The predicted molar refractivity (Wildman–Crippen MR) is 66.6 cm³/mol. The van der Waals surface area contributed by atoms with E-state index in [1.807, 2.05) is 0 Å². The summed E-state index contributed by atoms with van der Waals surface area (Å²) in [7, 11) is 0. The van der Waals surface area contributed by atoms with E-state index < -0.39 is 23.4 Å². The molecule has 0 bridgehead atoms. The molecule has 1 aliphatic rings. The predicted octanol–water partition coefficient (Wildman–Crippen LogP) is 1.47. The first-order valence-corrected chi connectivity index (χ1v) is 5.71. The Balaban J connectivity index is 2.64. The van der Waals surface area contributed by atoms with Crippen molar-refractivity contribution >= 4 is 29.0 Å². The number of nitrogens with two attached hydrogens (primary N) is 1. The van der Waals surface area contributed by atoms with Crippen molar-refractivity contribution in [2.24, 2.45) is 5.73 Å². The highest BCUT2D eigenvalue weighted by atomic mass is 35.5. The average molecular weight is 264 g/mol. The molecule has 0 saturated carbocycles. The number of rotatable bonds is 2. The van der Waals surface area contributed by atoms with Crippen LogP contribution in [0, 0.1) is 0 Å². The Kier molecular flexibility index (Phi) is 3.15. The van der Waals surface area contributed by atoms with Crippen LogP contribution in [0.3, 0.4) is 0 Å². The van der Waals surface area contributed by atoms with Crippen molar-refractivity contribution in [3.63, 3.8) is 0 Å². The van der Waals surface area contributed by atoms with Crippen molar-refractivity contribution in [2.45, 2.75) is 13.0 Å². The molecule has 5 heteroatoms. The molecule has 0 fully saturated rings. The molecule has 2 rings (SSSR count). The maximum atomic E-state index is 12.1. The van der Waals surface area contributed by atoms with Gasteiger partial charge in [-0.1, -0.05) is 35.9 Å². The van der Waals surface area contributed by atoms with Crippen LogP contribution in [0.4, 0.5) is 0 Å². The number of carbonyl (C=O) groups is 3. The first-order valence-electron chi connectivity index (χ1n) is 5.33. The molecule has 0 heterocycles. The van der Waals surface area contributed by atoms with Crippen LogP contribution >= 0.6 is 11.6 Å². The van der Waals surface area contributed by atoms with Gasteiger partial charge in [0.2, 0.25) is 5.78 Å². The molecule has 1 aromatic rings. The second-order valence-electron chi connectivity index (χ2n) is 4.05. The first-order chi connectivity index (χ1) is 8.45. The zero-order valence-corrected chi connectivity index (χ0v) is 10.3. The van der Waals surface area contributed by atoms with E-state index in [0.29, 0.717) is 0 Å². The molecule has 0 aromatic heterocycles. The monoisotopic (exact) mass is 263 g/mol. The molecule has 0 aliphatic heterocycles. The van der Waals surface area contributed by atoms with E-state index in [2.05, 4.69) is 0 Å². The van der Waals surface area contributed by atoms with Crippen LogP contribution in [0.15, 0.2) is 34.9 Å². The number of halogens is 1. The zero-order valence-electron chi connectivity index (χ0n) is 9.57. The Morgan fingerprint density at radius 2 is 1.67 bits per heavy atom. The molecular formula is C13H10ClNO3. The van der Waals surface area contributed by atoms with Crippen LogP contribution in [0.1, 0.15) is 27.6 Å². The van der Waals surface area contributed by atoms with Crippen molar-refractivity contribution in [2.75, 3.05) is 0 Å². The van der Waals surface area contributed by atoms with E-state index in [0.717, 1.165) is 0 Å². The molecule has 0 saturated heterocycles. The normalized spacial score (nSPS) is 16.6. The fraction of sp³-hybridized carbons (Fsp3) is 0.154. The van der Waals surface area contributed by atoms with Gasteiger partial charge in [-0.15, -0.1) is 0 Å². The Morgan fingerprint density at radius 3 is 2.17 bits per heavy atom. The smallest absolute Gasteiger partial charge is 0.205 e. The summed E-state index contributed by atoms with van der Waals surface area (Å²) in [6.45, 7) is 1.44. The molecule has 0 amide bonds. The Hall–Kier alpha value is -1.78. The van der Waals surface area contributed by atoms with Crippen molar-refractivity contribution < 1.29 is 14.4 Å². The molecule has 1 aliphatic carbocycles. The van der Waals surface area contributed by atoms with Gasteiger partial charge in [-0.2, -0.15) is 0 Å². The van der Waals surface area contributed by atoms with Gasteiger partial charge in [-0.25, -0.2) is 0 Å². The number of hydrogen-bond acceptors (Lipinski definition) is 4. The maximum absolute atomic E-state index is 12.1. The van der Waals surface area contributed by atoms with Gasteiger partial charge in [0.25, 0.3) is 0 Å². The second kappa shape index (κ2) is 4.48. The van der Waals surface area contributed by atoms with E-state index in [4.69, 9.17) is 17.3 Å². The standard InChI is InChI=1S/C13H10ClNO3/c1-6(15)11(16)9-10(14)13(18)8-5-3-2-4-7(8)12(9)17/h2-6H,15H2,1H3/t6-/m0/s1. The van der Waals surface area contributed by atoms with Gasteiger partial charge >= 0.3 is 0 Å². The zero-order chi connectivity index (χ0) is 13.4. The summed E-state index contributed by atoms with van der Waals surface area (Å²) in [6.07, 6.45) is 0. The van der Waals surface area contributed by atoms with Crippen LogP contribution in [-0.4, -0.2) is 23.4 Å². The fourth-order valence-corrected chi connectivity index (χ4v) is 2.07. The third-order valence-corrected chi connectivity index (χ3v) is 3.08. The third-order valence-electron chi connectivity index (χ3n) is 2.72. The fourth-order valence-electron chi connectivity index (χ4n) is 1.79. The summed E-state index contributed by atoms with van der Waals surface area (Å²) in [5.41, 5.74) is 5.55. The second-order valence-corrected chi connectivity index (χ2v) is 4.42. The highest BCUT2D eigenvalue weighted by Crippen LogP contribution is 2.29. The van der Waals surface area contributed by atoms with Crippen LogP contribution < -0.4 is 5.73 Å². The number of benzene rings is 1. The largest absolute Gasteiger partial charge is 0.321 e. The SMILES string of the molecule is C[C@H](N)C(=O)C1=C(Cl)C(=O)c2ccccc2C1=O. The number of carbonyl (C=O) groups excluding carboxylic acids is 3. The maximum Gasteiger partial charge on any atom is 0.205 e. The molecular weight excluding hydrogens is 254 g/mol. The van der Waals surface area contributed by atoms with Gasteiger partial charge in [-0.3, -0.25) is 14.4 Å². The summed E-state index contributed by atoms with van der Waals surface area (Å²) in [5, 5.41) is -0.346. The lowest BCUT2D eigenvalue weighted by Gasteiger charge is -2.17. The van der Waals surface area contributed by atoms with Crippen LogP contribution in [0.25, 0.3) is 0 Å². The summed E-state index contributed by atoms with van der Waals surface area (Å²) < 4.78 is 0. The number of Topliss-reactive ketones (excluding diaryl/α,β-unsaturated/α-hetero) is 3. The average Bonchev–Trinajstić information content (AvgIpc) is 2.36. The summed E-state index contributed by atoms with van der Waals surface area (Å²) in [5.74, 6) is -1.68. The lowest BCUT2D eigenvalue weighted by Crippen LogP contribution is -2.34. The minimum Gasteiger partial charge on any atom is -0.321 e. The topological polar surface area (TPSA) is 77.2 Å². The number of allylic oxidation sites excluding steroid dienone is 1. The molecule has 1 atom stereocenters. The van der Waals surface area contributed by atoms with E-state index >= 15 is 0 Å². The molecule has 0 unspecified atom stereocenters. The molecule has 0 spiro atoms. The van der Waals surface area contributed by atoms with Crippen LogP contribution in [0.5, 0.6) is 0 Å². The van der Waals surface area contributed by atoms with Crippen molar-refractivity contribution in [1.29, 1.82) is 0 Å². The van der Waals surface area contributed by atoms with E-state index in [9.17, 15) is 14.4 Å². The number of ketones is 3. The first kappa shape index (κ1) is 12.7. The Bertz CT molecular complexity index is 602. The molecule has 2 N–H and O–H groups in total. The van der Waals surface area contributed by atoms with Gasteiger partial charge in [0.1, 0.15) is 5.03 Å². The van der Waals surface area contributed by atoms with Crippen LogP contribution in [0.2, 0.25) is 0 Å². The summed E-state index contributed by atoms with van der Waals surface area (Å²) in [4.78, 5) is 35.9. The lowest BCUT2D eigenvalue weighted by molar-refractivity contribution is -0.116. The third kappa shape index (κ3) is 1.79. The quantitative estimate of drug-likeness (QED) is 0.820. The molecule has 18 heavy (non-hydrogen) atoms. The van der Waals surface area contributed by atoms with Gasteiger partial charge in [-0.05, 0) is 6.92 Å². The molecule has 1 aromatic carbocycles. The minimum absolute atomic E-state index is 0.191. The Labute approximate surface area is 108 Å². The van der Waals surface area contributed by atoms with Crippen LogP contribution in [-0.2, 0) is 4.79 Å². The minimum atomic E-state index is -0.879. The lowest BCUT2D eigenvalue weighted by atomic mass is 9.86. The molecule has 0 radical (unpaired) electrons. The van der Waals surface area contributed by atoms with Gasteiger partial charge in [0.05, 0.1) is 11.6 Å². The summed E-state index contributed by atoms with van der Waals surface area (Å²) >= 11 is 5.83. The van der Waals surface area contributed by atoms with E-state index in [1.54, 1.807) is 12.1 Å². The number of fused-ring (bicyclic) bond motifs is 1. The summed E-state index contributed by atoms with van der Waals surface area (Å²) in [6, 6.07) is 5.37. The van der Waals surface area contributed by atoms with E-state index in [-0.39, 0.29) is 21.7 Å². The van der Waals surface area contributed by atoms with E-state index in [1.165, 1.54) is 19.1 Å². The number of hydrogen-bond donors (Lipinski definition) is 1. The van der Waals surface area contributed by atoms with Gasteiger partial charge < -0.3 is 5.73 Å². The molecule has 92 valence electrons. The Morgan fingerprint density at radius 1 is 1.17 bits per heavy atom. The van der Waals surface area contributed by atoms with Crippen molar-refractivity contribution in [3.05, 3.63) is 46.0 Å².